The summed E-state index contributed by atoms with van der Waals surface area (Å²) in [6.07, 6.45) is 0.717. The van der Waals surface area contributed by atoms with E-state index in [1.54, 1.807) is 0 Å². The second-order valence-corrected chi connectivity index (χ2v) is 7.07. The van der Waals surface area contributed by atoms with Gasteiger partial charge >= 0.3 is 6.03 Å². The van der Waals surface area contributed by atoms with E-state index in [4.69, 9.17) is 9.26 Å². The number of hydrogen-bond donors (Lipinski definition) is 2. The van der Waals surface area contributed by atoms with Crippen LogP contribution >= 0.6 is 11.5 Å². The van der Waals surface area contributed by atoms with Crippen LogP contribution in [0.1, 0.15) is 43.6 Å². The number of anilines is 1. The fraction of sp³-hybridized carbons (Fsp3) is 0.571. The molecule has 0 aromatic carbocycles. The van der Waals surface area contributed by atoms with E-state index in [0.717, 1.165) is 29.3 Å². The molecule has 23 heavy (non-hydrogen) atoms. The van der Waals surface area contributed by atoms with Crippen molar-refractivity contribution < 1.29 is 14.1 Å². The minimum absolute atomic E-state index is 0.146. The first-order valence-corrected chi connectivity index (χ1v) is 8.14. The number of urea groups is 1. The molecule has 8 nitrogen and oxygen atoms in total. The van der Waals surface area contributed by atoms with Gasteiger partial charge < -0.3 is 14.6 Å². The molecular weight excluding hydrogens is 318 g/mol. The lowest BCUT2D eigenvalue weighted by atomic mass is 9.96. The third-order valence-electron chi connectivity index (χ3n) is 3.40. The summed E-state index contributed by atoms with van der Waals surface area (Å²) in [6, 6.07) is -0.352. The second kappa shape index (κ2) is 6.25. The molecule has 0 bridgehead atoms. The number of nitrogens with zero attached hydrogens (tertiary/aromatic N) is 3. The Balaban J connectivity index is 1.56. The normalized spacial score (nSPS) is 14.4. The number of hydrogen-bond acceptors (Lipinski definition) is 7. The van der Waals surface area contributed by atoms with Gasteiger partial charge in [-0.25, -0.2) is 9.78 Å². The van der Waals surface area contributed by atoms with Gasteiger partial charge in [0, 0.05) is 28.9 Å². The highest BCUT2D eigenvalue weighted by Crippen LogP contribution is 2.23. The van der Waals surface area contributed by atoms with Gasteiger partial charge in [0.15, 0.2) is 0 Å². The SMILES string of the molecule is CC(C)(C)c1nsc(NC(=O)NCc2noc3c2COCC3)n1. The highest BCUT2D eigenvalue weighted by molar-refractivity contribution is 7.09. The van der Waals surface area contributed by atoms with Crippen LogP contribution in [0.2, 0.25) is 0 Å². The first-order chi connectivity index (χ1) is 10.9. The Labute approximate surface area is 137 Å². The van der Waals surface area contributed by atoms with E-state index in [0.29, 0.717) is 29.9 Å². The van der Waals surface area contributed by atoms with E-state index in [1.807, 2.05) is 20.8 Å². The smallest absolute Gasteiger partial charge is 0.321 e. The third kappa shape index (κ3) is 3.67. The molecule has 1 aliphatic heterocycles. The number of nitrogens with one attached hydrogen (secondary N) is 2. The largest absolute Gasteiger partial charge is 0.376 e. The summed E-state index contributed by atoms with van der Waals surface area (Å²) >= 11 is 1.16. The molecular formula is C14H19N5O3S. The predicted molar refractivity (Wildman–Crippen MR) is 84.3 cm³/mol. The third-order valence-corrected chi connectivity index (χ3v) is 4.04. The van der Waals surface area contributed by atoms with Crippen molar-refractivity contribution in [3.63, 3.8) is 0 Å². The lowest BCUT2D eigenvalue weighted by Crippen LogP contribution is -2.29. The molecule has 0 spiro atoms. The lowest BCUT2D eigenvalue weighted by Gasteiger charge is -2.12. The van der Waals surface area contributed by atoms with Crippen molar-refractivity contribution in [1.82, 2.24) is 19.8 Å². The van der Waals surface area contributed by atoms with E-state index in [2.05, 4.69) is 25.1 Å². The molecule has 3 heterocycles. The van der Waals surface area contributed by atoms with Gasteiger partial charge in [-0.1, -0.05) is 25.9 Å². The zero-order chi connectivity index (χ0) is 16.4. The molecule has 0 saturated heterocycles. The Morgan fingerprint density at radius 2 is 2.22 bits per heavy atom. The van der Waals surface area contributed by atoms with E-state index in [-0.39, 0.29) is 18.0 Å². The lowest BCUT2D eigenvalue weighted by molar-refractivity contribution is 0.102. The van der Waals surface area contributed by atoms with E-state index in [1.165, 1.54) is 0 Å². The summed E-state index contributed by atoms with van der Waals surface area (Å²) in [5, 5.41) is 9.89. The van der Waals surface area contributed by atoms with E-state index >= 15 is 0 Å². The molecule has 2 N–H and O–H groups in total. The van der Waals surface area contributed by atoms with Crippen molar-refractivity contribution in [2.75, 3.05) is 11.9 Å². The number of fused-ring (bicyclic) bond motifs is 1. The summed E-state index contributed by atoms with van der Waals surface area (Å²) in [4.78, 5) is 16.3. The molecule has 0 atom stereocenters. The van der Waals surface area contributed by atoms with Crippen LogP contribution in [0.25, 0.3) is 0 Å². The molecule has 0 aliphatic carbocycles. The number of amides is 2. The van der Waals surface area contributed by atoms with E-state index < -0.39 is 0 Å². The molecule has 1 aliphatic rings. The van der Waals surface area contributed by atoms with Crippen molar-refractivity contribution >= 4 is 22.7 Å². The average Bonchev–Trinajstić information content (AvgIpc) is 3.11. The molecule has 2 aromatic heterocycles. The number of carbonyl (C=O) groups is 1. The molecule has 9 heteroatoms. The zero-order valence-electron chi connectivity index (χ0n) is 13.3. The van der Waals surface area contributed by atoms with Gasteiger partial charge in [0.2, 0.25) is 5.13 Å². The van der Waals surface area contributed by atoms with Gasteiger partial charge in [-0.15, -0.1) is 0 Å². The number of ether oxygens (including phenoxy) is 1. The number of rotatable bonds is 3. The van der Waals surface area contributed by atoms with Crippen molar-refractivity contribution in [2.45, 2.75) is 45.8 Å². The average molecular weight is 337 g/mol. The highest BCUT2D eigenvalue weighted by Gasteiger charge is 2.21. The Morgan fingerprint density at radius 1 is 1.39 bits per heavy atom. The maximum absolute atomic E-state index is 12.0. The summed E-state index contributed by atoms with van der Waals surface area (Å²) in [5.74, 6) is 1.55. The van der Waals surface area contributed by atoms with Gasteiger partial charge in [0.1, 0.15) is 17.3 Å². The molecule has 124 valence electrons. The Hall–Kier alpha value is -2.00. The Morgan fingerprint density at radius 3 is 2.96 bits per heavy atom. The van der Waals surface area contributed by atoms with Gasteiger partial charge in [-0.05, 0) is 0 Å². The molecule has 2 amide bonds. The summed E-state index contributed by atoms with van der Waals surface area (Å²) in [5.41, 5.74) is 1.48. The van der Waals surface area contributed by atoms with Gasteiger partial charge in [0.25, 0.3) is 0 Å². The monoisotopic (exact) mass is 337 g/mol. The van der Waals surface area contributed by atoms with Gasteiger partial charge in [-0.2, -0.15) is 4.37 Å². The van der Waals surface area contributed by atoms with Crippen molar-refractivity contribution in [1.29, 1.82) is 0 Å². The first kappa shape index (κ1) is 15.9. The molecule has 0 saturated carbocycles. The number of aromatic nitrogens is 3. The molecule has 0 fully saturated rings. The first-order valence-electron chi connectivity index (χ1n) is 7.36. The molecule has 2 aromatic rings. The van der Waals surface area contributed by atoms with Gasteiger partial charge in [-0.3, -0.25) is 5.32 Å². The summed E-state index contributed by atoms with van der Waals surface area (Å²) in [6.45, 7) is 7.46. The van der Waals surface area contributed by atoms with Crippen LogP contribution in [-0.2, 0) is 29.7 Å². The van der Waals surface area contributed by atoms with Crippen LogP contribution in [0.15, 0.2) is 4.52 Å². The van der Waals surface area contributed by atoms with Crippen LogP contribution in [-0.4, -0.2) is 27.2 Å². The highest BCUT2D eigenvalue weighted by atomic mass is 32.1. The summed E-state index contributed by atoms with van der Waals surface area (Å²) < 4.78 is 14.9. The number of carbonyl (C=O) groups excluding carboxylic acids is 1. The van der Waals surface area contributed by atoms with Crippen molar-refractivity contribution in [3.05, 3.63) is 22.8 Å². The Bertz CT molecular complexity index is 704. The standard InChI is InChI=1S/C14H19N5O3S/c1-14(2,3)11-16-13(23-19-11)17-12(20)15-6-9-8-7-21-5-4-10(8)22-18-9/h4-7H2,1-3H3,(H2,15,16,17,19,20). The second-order valence-electron chi connectivity index (χ2n) is 6.31. The topological polar surface area (TPSA) is 102 Å². The molecule has 0 radical (unpaired) electrons. The Kier molecular flexibility index (Phi) is 4.31. The fourth-order valence-corrected chi connectivity index (χ4v) is 2.86. The van der Waals surface area contributed by atoms with Crippen LogP contribution in [0.5, 0.6) is 0 Å². The van der Waals surface area contributed by atoms with Crippen LogP contribution in [0, 0.1) is 0 Å². The van der Waals surface area contributed by atoms with Crippen molar-refractivity contribution in [3.8, 4) is 0 Å². The minimum atomic E-state index is -0.352. The van der Waals surface area contributed by atoms with Crippen LogP contribution in [0.4, 0.5) is 9.93 Å². The maximum atomic E-state index is 12.0. The van der Waals surface area contributed by atoms with Gasteiger partial charge in [0.05, 0.1) is 19.8 Å². The van der Waals surface area contributed by atoms with Crippen LogP contribution < -0.4 is 10.6 Å². The van der Waals surface area contributed by atoms with E-state index in [9.17, 15) is 4.79 Å². The molecule has 0 unspecified atom stereocenters. The van der Waals surface area contributed by atoms with Crippen LogP contribution in [0.3, 0.4) is 0 Å². The minimum Gasteiger partial charge on any atom is -0.376 e. The molecule has 3 rings (SSSR count). The fourth-order valence-electron chi connectivity index (χ4n) is 2.10. The predicted octanol–water partition coefficient (Wildman–Crippen LogP) is 2.22. The zero-order valence-corrected chi connectivity index (χ0v) is 14.1. The van der Waals surface area contributed by atoms with Crippen molar-refractivity contribution in [2.24, 2.45) is 0 Å². The quantitative estimate of drug-likeness (QED) is 0.890. The maximum Gasteiger partial charge on any atom is 0.321 e. The summed E-state index contributed by atoms with van der Waals surface area (Å²) in [7, 11) is 0.